The summed E-state index contributed by atoms with van der Waals surface area (Å²) in [6.45, 7) is 5.44. The molecule has 0 radical (unpaired) electrons. The lowest BCUT2D eigenvalue weighted by atomic mass is 10.0. The van der Waals surface area contributed by atoms with Gasteiger partial charge in [0.2, 0.25) is 0 Å². The van der Waals surface area contributed by atoms with Crippen LogP contribution in [0.2, 0.25) is 0 Å². The third-order valence-corrected chi connectivity index (χ3v) is 3.31. The number of rotatable bonds is 1. The van der Waals surface area contributed by atoms with E-state index in [0.717, 1.165) is 37.2 Å². The number of anilines is 1. The lowest BCUT2D eigenvalue weighted by Crippen LogP contribution is -2.43. The third-order valence-electron chi connectivity index (χ3n) is 3.31. The summed E-state index contributed by atoms with van der Waals surface area (Å²) in [5, 5.41) is 17.5. The molecule has 1 saturated heterocycles. The molecule has 1 aliphatic heterocycles. The monoisotopic (exact) mass is 231 g/mol. The molecule has 0 amide bonds. The van der Waals surface area contributed by atoms with Crippen molar-refractivity contribution in [1.82, 2.24) is 10.2 Å². The average Bonchev–Trinajstić information content (AvgIpc) is 2.32. The van der Waals surface area contributed by atoms with E-state index in [1.807, 2.05) is 13.8 Å². The number of hydrogen-bond acceptors (Lipinski definition) is 5. The van der Waals surface area contributed by atoms with Gasteiger partial charge < -0.3 is 10.6 Å². The Labute approximate surface area is 101 Å². The first-order valence-corrected chi connectivity index (χ1v) is 5.88. The molecule has 1 aliphatic rings. The zero-order chi connectivity index (χ0) is 12.4. The minimum atomic E-state index is 0.165. The number of piperidine rings is 1. The molecule has 5 nitrogen and oxygen atoms in total. The topological polar surface area (TPSA) is 78.8 Å². The Kier molecular flexibility index (Phi) is 3.25. The lowest BCUT2D eigenvalue weighted by molar-refractivity contribution is 0.501. The second kappa shape index (κ2) is 4.68. The Bertz CT molecular complexity index is 463. The first-order valence-electron chi connectivity index (χ1n) is 5.88. The highest BCUT2D eigenvalue weighted by atomic mass is 15.3. The minimum absolute atomic E-state index is 0.165. The van der Waals surface area contributed by atoms with E-state index in [0.29, 0.717) is 11.4 Å². The van der Waals surface area contributed by atoms with Crippen molar-refractivity contribution < 1.29 is 0 Å². The summed E-state index contributed by atoms with van der Waals surface area (Å²) in [6, 6.07) is 2.40. The molecule has 2 heterocycles. The maximum absolute atomic E-state index is 9.24. The maximum Gasteiger partial charge on any atom is 0.169 e. The van der Waals surface area contributed by atoms with Gasteiger partial charge in [-0.05, 0) is 32.3 Å². The van der Waals surface area contributed by atoms with Crippen molar-refractivity contribution in [2.24, 2.45) is 5.73 Å². The van der Waals surface area contributed by atoms with Crippen molar-refractivity contribution in [1.29, 1.82) is 5.26 Å². The number of nitrogens with two attached hydrogens (primary N) is 1. The van der Waals surface area contributed by atoms with E-state index < -0.39 is 0 Å². The summed E-state index contributed by atoms with van der Waals surface area (Å²) in [5.41, 5.74) is 8.31. The van der Waals surface area contributed by atoms with Gasteiger partial charge in [-0.2, -0.15) is 10.4 Å². The van der Waals surface area contributed by atoms with Crippen molar-refractivity contribution in [3.05, 3.63) is 16.8 Å². The van der Waals surface area contributed by atoms with E-state index in [2.05, 4.69) is 21.2 Å². The average molecular weight is 231 g/mol. The largest absolute Gasteiger partial charge is 0.352 e. The van der Waals surface area contributed by atoms with Crippen LogP contribution >= 0.6 is 0 Å². The summed E-state index contributed by atoms with van der Waals surface area (Å²) in [6.07, 6.45) is 2.08. The second-order valence-corrected chi connectivity index (χ2v) is 4.57. The van der Waals surface area contributed by atoms with Crippen LogP contribution < -0.4 is 10.6 Å². The minimum Gasteiger partial charge on any atom is -0.352 e. The molecule has 0 spiro atoms. The van der Waals surface area contributed by atoms with Gasteiger partial charge in [0.25, 0.3) is 0 Å². The molecular weight excluding hydrogens is 214 g/mol. The number of nitriles is 1. The molecular formula is C12H17N5. The molecule has 0 unspecified atom stereocenters. The molecule has 1 aromatic heterocycles. The first kappa shape index (κ1) is 11.8. The van der Waals surface area contributed by atoms with Crippen LogP contribution in [0.3, 0.4) is 0 Å². The van der Waals surface area contributed by atoms with Crippen molar-refractivity contribution in [3.63, 3.8) is 0 Å². The standard InChI is InChI=1S/C12H17N5/c1-8-9(2)15-16-12(11(8)6-13)17-5-3-4-10(14)7-17/h10H,3-5,7,14H2,1-2H3/t10-/m1/s1. The van der Waals surface area contributed by atoms with E-state index in [1.165, 1.54) is 0 Å². The van der Waals surface area contributed by atoms with Crippen LogP contribution in [0, 0.1) is 25.2 Å². The highest BCUT2D eigenvalue weighted by Gasteiger charge is 2.22. The van der Waals surface area contributed by atoms with Gasteiger partial charge in [-0.15, -0.1) is 5.10 Å². The number of aryl methyl sites for hydroxylation is 1. The molecule has 0 saturated carbocycles. The zero-order valence-electron chi connectivity index (χ0n) is 10.3. The molecule has 5 heteroatoms. The molecule has 1 atom stereocenters. The van der Waals surface area contributed by atoms with Crippen LogP contribution in [0.25, 0.3) is 0 Å². The van der Waals surface area contributed by atoms with Gasteiger partial charge in [0.1, 0.15) is 11.6 Å². The second-order valence-electron chi connectivity index (χ2n) is 4.57. The third kappa shape index (κ3) is 2.22. The normalized spacial score (nSPS) is 20.1. The smallest absolute Gasteiger partial charge is 0.169 e. The van der Waals surface area contributed by atoms with Crippen LogP contribution in [-0.4, -0.2) is 29.3 Å². The van der Waals surface area contributed by atoms with Crippen molar-refractivity contribution >= 4 is 5.82 Å². The van der Waals surface area contributed by atoms with Crippen molar-refractivity contribution in [2.75, 3.05) is 18.0 Å². The van der Waals surface area contributed by atoms with Gasteiger partial charge in [0.15, 0.2) is 5.82 Å². The van der Waals surface area contributed by atoms with Crippen LogP contribution in [0.1, 0.15) is 29.7 Å². The van der Waals surface area contributed by atoms with E-state index in [-0.39, 0.29) is 6.04 Å². The fourth-order valence-corrected chi connectivity index (χ4v) is 2.15. The lowest BCUT2D eigenvalue weighted by Gasteiger charge is -2.32. The zero-order valence-corrected chi connectivity index (χ0v) is 10.3. The van der Waals surface area contributed by atoms with Gasteiger partial charge in [-0.25, -0.2) is 0 Å². The van der Waals surface area contributed by atoms with Gasteiger partial charge in [0, 0.05) is 19.1 Å². The Morgan fingerprint density at radius 2 is 2.18 bits per heavy atom. The van der Waals surface area contributed by atoms with Crippen molar-refractivity contribution in [2.45, 2.75) is 32.7 Å². The molecule has 0 bridgehead atoms. The van der Waals surface area contributed by atoms with E-state index in [1.54, 1.807) is 0 Å². The highest BCUT2D eigenvalue weighted by Crippen LogP contribution is 2.23. The quantitative estimate of drug-likeness (QED) is 0.776. The van der Waals surface area contributed by atoms with Gasteiger partial charge in [-0.3, -0.25) is 0 Å². The van der Waals surface area contributed by atoms with Crippen LogP contribution in [0.15, 0.2) is 0 Å². The Morgan fingerprint density at radius 1 is 1.41 bits per heavy atom. The Hall–Kier alpha value is -1.67. The summed E-state index contributed by atoms with van der Waals surface area (Å²) in [7, 11) is 0. The number of nitrogens with zero attached hydrogens (tertiary/aromatic N) is 4. The molecule has 0 aromatic carbocycles. The molecule has 1 fully saturated rings. The summed E-state index contributed by atoms with van der Waals surface area (Å²) < 4.78 is 0. The van der Waals surface area contributed by atoms with Crippen LogP contribution in [-0.2, 0) is 0 Å². The van der Waals surface area contributed by atoms with Crippen LogP contribution in [0.4, 0.5) is 5.82 Å². The van der Waals surface area contributed by atoms with Crippen molar-refractivity contribution in [3.8, 4) is 6.07 Å². The molecule has 2 rings (SSSR count). The van der Waals surface area contributed by atoms with E-state index in [4.69, 9.17) is 5.73 Å². The van der Waals surface area contributed by atoms with E-state index >= 15 is 0 Å². The van der Waals surface area contributed by atoms with Gasteiger partial charge in [0.05, 0.1) is 5.69 Å². The SMILES string of the molecule is Cc1nnc(N2CCC[C@@H](N)C2)c(C#N)c1C. The highest BCUT2D eigenvalue weighted by molar-refractivity contribution is 5.57. The van der Waals surface area contributed by atoms with E-state index in [9.17, 15) is 5.26 Å². The molecule has 1 aromatic rings. The molecule has 90 valence electrons. The van der Waals surface area contributed by atoms with Gasteiger partial charge in [-0.1, -0.05) is 0 Å². The summed E-state index contributed by atoms with van der Waals surface area (Å²) >= 11 is 0. The maximum atomic E-state index is 9.24. The first-order chi connectivity index (χ1) is 8.13. The molecule has 0 aliphatic carbocycles. The predicted octanol–water partition coefficient (Wildman–Crippen LogP) is 0.893. The van der Waals surface area contributed by atoms with Crippen LogP contribution in [0.5, 0.6) is 0 Å². The fraction of sp³-hybridized carbons (Fsp3) is 0.583. The predicted molar refractivity (Wildman–Crippen MR) is 65.6 cm³/mol. The summed E-state index contributed by atoms with van der Waals surface area (Å²) in [4.78, 5) is 2.08. The summed E-state index contributed by atoms with van der Waals surface area (Å²) in [5.74, 6) is 0.686. The Morgan fingerprint density at radius 3 is 2.82 bits per heavy atom. The number of hydrogen-bond donors (Lipinski definition) is 1. The Balaban J connectivity index is 2.38. The number of aromatic nitrogens is 2. The van der Waals surface area contributed by atoms with Gasteiger partial charge >= 0.3 is 0 Å². The molecule has 17 heavy (non-hydrogen) atoms. The molecule has 2 N–H and O–H groups in total. The fourth-order valence-electron chi connectivity index (χ4n) is 2.15.